The summed E-state index contributed by atoms with van der Waals surface area (Å²) in [6.45, 7) is 2.10. The molecule has 0 bridgehead atoms. The Labute approximate surface area is 100 Å². The lowest BCUT2D eigenvalue weighted by atomic mass is 10.2. The Kier molecular flexibility index (Phi) is 4.78. The van der Waals surface area contributed by atoms with E-state index in [1.165, 1.54) is 7.11 Å². The molecule has 0 saturated heterocycles. The van der Waals surface area contributed by atoms with Gasteiger partial charge in [-0.3, -0.25) is 0 Å². The van der Waals surface area contributed by atoms with Gasteiger partial charge in [0.05, 0.1) is 7.11 Å². The molecule has 17 heavy (non-hydrogen) atoms. The smallest absolute Gasteiger partial charge is 0.344 e. The summed E-state index contributed by atoms with van der Waals surface area (Å²) >= 11 is 0. The molecular weight excluding hydrogens is 222 g/mol. The van der Waals surface area contributed by atoms with Crippen molar-refractivity contribution in [2.45, 2.75) is 26.0 Å². The maximum Gasteiger partial charge on any atom is 0.344 e. The van der Waals surface area contributed by atoms with E-state index in [-0.39, 0.29) is 0 Å². The van der Waals surface area contributed by atoms with Crippen LogP contribution < -0.4 is 15.2 Å². The molecule has 1 aromatic rings. The van der Waals surface area contributed by atoms with Gasteiger partial charge in [-0.2, -0.15) is 0 Å². The molecule has 1 rings (SSSR count). The summed E-state index contributed by atoms with van der Waals surface area (Å²) in [4.78, 5) is 10.9. The van der Waals surface area contributed by atoms with Crippen molar-refractivity contribution in [1.82, 2.24) is 0 Å². The number of hydrogen-bond acceptors (Lipinski definition) is 4. The minimum atomic E-state index is -0.982. The Morgan fingerprint density at radius 2 is 2.06 bits per heavy atom. The van der Waals surface area contributed by atoms with E-state index in [0.29, 0.717) is 24.5 Å². The van der Waals surface area contributed by atoms with Crippen molar-refractivity contribution in [1.29, 1.82) is 0 Å². The van der Waals surface area contributed by atoms with Gasteiger partial charge in [-0.15, -0.1) is 0 Å². The van der Waals surface area contributed by atoms with Crippen LogP contribution in [0, 0.1) is 0 Å². The Balaban J connectivity index is 2.92. The molecule has 0 fully saturated rings. The normalized spacial score (nSPS) is 11.9. The van der Waals surface area contributed by atoms with E-state index in [0.717, 1.165) is 5.56 Å². The molecule has 0 aliphatic heterocycles. The SMILES string of the molecule is CCC(Oc1cc(CN)cc(OC)c1)C(=O)O. The molecule has 0 amide bonds. The standard InChI is InChI=1S/C12H17NO4/c1-3-11(12(14)15)17-10-5-8(7-13)4-9(6-10)16-2/h4-6,11H,3,7,13H2,1-2H3,(H,14,15). The average Bonchev–Trinajstić information content (AvgIpc) is 2.34. The molecular formula is C12H17NO4. The topological polar surface area (TPSA) is 81.8 Å². The highest BCUT2D eigenvalue weighted by atomic mass is 16.5. The maximum absolute atomic E-state index is 10.9. The van der Waals surface area contributed by atoms with Gasteiger partial charge in [0.15, 0.2) is 6.10 Å². The van der Waals surface area contributed by atoms with E-state index in [9.17, 15) is 4.79 Å². The molecule has 0 aromatic heterocycles. The number of carbonyl (C=O) groups is 1. The van der Waals surface area contributed by atoms with Crippen LogP contribution in [-0.4, -0.2) is 24.3 Å². The number of benzene rings is 1. The van der Waals surface area contributed by atoms with Gasteiger partial charge < -0.3 is 20.3 Å². The van der Waals surface area contributed by atoms with Crippen LogP contribution in [0.4, 0.5) is 0 Å². The molecule has 0 aliphatic carbocycles. The van der Waals surface area contributed by atoms with Gasteiger partial charge in [-0.25, -0.2) is 4.79 Å². The summed E-state index contributed by atoms with van der Waals surface area (Å²) in [5, 5.41) is 8.91. The Bertz CT molecular complexity index is 370. The second-order valence-corrected chi connectivity index (χ2v) is 3.57. The molecule has 5 nitrogen and oxygen atoms in total. The largest absolute Gasteiger partial charge is 0.497 e. The molecule has 94 valence electrons. The first kappa shape index (κ1) is 13.3. The van der Waals surface area contributed by atoms with Gasteiger partial charge in [0.2, 0.25) is 0 Å². The summed E-state index contributed by atoms with van der Waals surface area (Å²) in [7, 11) is 1.54. The summed E-state index contributed by atoms with van der Waals surface area (Å²) in [5.74, 6) is 0.0758. The van der Waals surface area contributed by atoms with Crippen LogP contribution in [-0.2, 0) is 11.3 Å². The summed E-state index contributed by atoms with van der Waals surface area (Å²) in [5.41, 5.74) is 6.37. The van der Waals surface area contributed by atoms with Gasteiger partial charge in [0.1, 0.15) is 11.5 Å². The van der Waals surface area contributed by atoms with Crippen molar-refractivity contribution in [2.24, 2.45) is 5.73 Å². The van der Waals surface area contributed by atoms with E-state index in [2.05, 4.69) is 0 Å². The highest BCUT2D eigenvalue weighted by molar-refractivity contribution is 5.72. The van der Waals surface area contributed by atoms with Crippen molar-refractivity contribution in [3.63, 3.8) is 0 Å². The highest BCUT2D eigenvalue weighted by Crippen LogP contribution is 2.23. The van der Waals surface area contributed by atoms with E-state index in [1.54, 1.807) is 25.1 Å². The highest BCUT2D eigenvalue weighted by Gasteiger charge is 2.17. The van der Waals surface area contributed by atoms with Crippen LogP contribution in [0.25, 0.3) is 0 Å². The minimum Gasteiger partial charge on any atom is -0.497 e. The lowest BCUT2D eigenvalue weighted by Crippen LogP contribution is -2.26. The average molecular weight is 239 g/mol. The third kappa shape index (κ3) is 3.64. The van der Waals surface area contributed by atoms with Gasteiger partial charge in [-0.05, 0) is 24.1 Å². The number of methoxy groups -OCH3 is 1. The lowest BCUT2D eigenvalue weighted by Gasteiger charge is -2.14. The number of carboxylic acid groups (broad SMARTS) is 1. The van der Waals surface area contributed by atoms with Crippen molar-refractivity contribution < 1.29 is 19.4 Å². The number of hydrogen-bond donors (Lipinski definition) is 2. The molecule has 1 atom stereocenters. The summed E-state index contributed by atoms with van der Waals surface area (Å²) in [6.07, 6.45) is -0.461. The Hall–Kier alpha value is -1.75. The molecule has 3 N–H and O–H groups in total. The zero-order valence-electron chi connectivity index (χ0n) is 9.97. The fourth-order valence-electron chi connectivity index (χ4n) is 1.41. The van der Waals surface area contributed by atoms with Crippen molar-refractivity contribution >= 4 is 5.97 Å². The van der Waals surface area contributed by atoms with Crippen LogP contribution >= 0.6 is 0 Å². The zero-order chi connectivity index (χ0) is 12.8. The third-order valence-corrected chi connectivity index (χ3v) is 2.34. The van der Waals surface area contributed by atoms with Crippen LogP contribution in [0.5, 0.6) is 11.5 Å². The fourth-order valence-corrected chi connectivity index (χ4v) is 1.41. The fraction of sp³-hybridized carbons (Fsp3) is 0.417. The van der Waals surface area contributed by atoms with Crippen molar-refractivity contribution in [3.8, 4) is 11.5 Å². The Morgan fingerprint density at radius 3 is 2.53 bits per heavy atom. The van der Waals surface area contributed by atoms with Crippen LogP contribution in [0.3, 0.4) is 0 Å². The molecule has 0 saturated carbocycles. The number of carboxylic acids is 1. The minimum absolute atomic E-state index is 0.345. The summed E-state index contributed by atoms with van der Waals surface area (Å²) in [6, 6.07) is 5.15. The van der Waals surface area contributed by atoms with Crippen LogP contribution in [0.15, 0.2) is 18.2 Å². The lowest BCUT2D eigenvalue weighted by molar-refractivity contribution is -0.145. The first-order valence-electron chi connectivity index (χ1n) is 5.38. The van der Waals surface area contributed by atoms with E-state index in [4.69, 9.17) is 20.3 Å². The third-order valence-electron chi connectivity index (χ3n) is 2.34. The predicted molar refractivity (Wildman–Crippen MR) is 63.2 cm³/mol. The molecule has 1 aromatic carbocycles. The van der Waals surface area contributed by atoms with Crippen molar-refractivity contribution in [2.75, 3.05) is 7.11 Å². The molecule has 0 spiro atoms. The molecule has 0 aliphatic rings. The maximum atomic E-state index is 10.9. The predicted octanol–water partition coefficient (Wildman–Crippen LogP) is 1.40. The van der Waals surface area contributed by atoms with Gasteiger partial charge >= 0.3 is 5.97 Å². The molecule has 5 heteroatoms. The van der Waals surface area contributed by atoms with Crippen LogP contribution in [0.1, 0.15) is 18.9 Å². The number of ether oxygens (including phenoxy) is 2. The second-order valence-electron chi connectivity index (χ2n) is 3.57. The van der Waals surface area contributed by atoms with Gasteiger partial charge in [0.25, 0.3) is 0 Å². The monoisotopic (exact) mass is 239 g/mol. The zero-order valence-corrected chi connectivity index (χ0v) is 9.97. The summed E-state index contributed by atoms with van der Waals surface area (Å²) < 4.78 is 10.5. The van der Waals surface area contributed by atoms with Gasteiger partial charge in [-0.1, -0.05) is 6.92 Å². The molecule has 0 radical (unpaired) electrons. The number of nitrogens with two attached hydrogens (primary N) is 1. The number of aliphatic carboxylic acids is 1. The first-order chi connectivity index (χ1) is 8.10. The van der Waals surface area contributed by atoms with E-state index >= 15 is 0 Å². The van der Waals surface area contributed by atoms with E-state index < -0.39 is 12.1 Å². The second kappa shape index (κ2) is 6.10. The first-order valence-corrected chi connectivity index (χ1v) is 5.38. The van der Waals surface area contributed by atoms with Gasteiger partial charge in [0, 0.05) is 12.6 Å². The van der Waals surface area contributed by atoms with E-state index in [1.807, 2.05) is 0 Å². The Morgan fingerprint density at radius 1 is 1.41 bits per heavy atom. The molecule has 1 unspecified atom stereocenters. The number of rotatable bonds is 6. The van der Waals surface area contributed by atoms with Crippen LogP contribution in [0.2, 0.25) is 0 Å². The van der Waals surface area contributed by atoms with Crippen molar-refractivity contribution in [3.05, 3.63) is 23.8 Å². The quantitative estimate of drug-likeness (QED) is 0.784. The molecule has 0 heterocycles.